The molecule has 0 atom stereocenters. The number of aromatic nitrogens is 1. The molecule has 128 valence electrons. The molecule has 25 heavy (non-hydrogen) atoms. The summed E-state index contributed by atoms with van der Waals surface area (Å²) in [5.74, 6) is -1.07. The Balaban J connectivity index is 1.92. The topological polar surface area (TPSA) is 60.7 Å². The monoisotopic (exact) mass is 358 g/mol. The molecule has 0 saturated carbocycles. The number of halogens is 1. The molecule has 0 saturated heterocycles. The maximum Gasteiger partial charge on any atom is 0.337 e. The molecule has 0 radical (unpaired) electrons. The second kappa shape index (κ2) is 6.98. The van der Waals surface area contributed by atoms with Crippen molar-refractivity contribution in [2.75, 3.05) is 7.11 Å². The van der Waals surface area contributed by atoms with Crippen molar-refractivity contribution >= 4 is 33.4 Å². The molecule has 2 aromatic carbocycles. The van der Waals surface area contributed by atoms with Gasteiger partial charge in [-0.15, -0.1) is 0 Å². The zero-order valence-electron chi connectivity index (χ0n) is 13.7. The first-order valence-electron chi connectivity index (χ1n) is 7.48. The average molecular weight is 358 g/mol. The van der Waals surface area contributed by atoms with E-state index in [1.54, 1.807) is 41.9 Å². The maximum absolute atomic E-state index is 12.9. The lowest BCUT2D eigenvalue weighted by Gasteiger charge is -1.99. The molecule has 1 aromatic heterocycles. The standard InChI is InChI=1S/C18H15FN2O3S/c1-21-14-8-5-12(17(23)24-2)10-15(14)25-18(21)20-16(22)9-11-3-6-13(19)7-4-11/h3-8,10H,9H2,1-2H3. The number of thiazole rings is 1. The molecule has 3 rings (SSSR count). The highest BCUT2D eigenvalue weighted by molar-refractivity contribution is 7.16. The molecule has 0 spiro atoms. The van der Waals surface area contributed by atoms with Crippen LogP contribution in [-0.4, -0.2) is 23.6 Å². The third-order valence-electron chi connectivity index (χ3n) is 3.72. The lowest BCUT2D eigenvalue weighted by atomic mass is 10.1. The van der Waals surface area contributed by atoms with E-state index in [0.717, 1.165) is 10.2 Å². The fourth-order valence-electron chi connectivity index (χ4n) is 2.41. The van der Waals surface area contributed by atoms with E-state index in [9.17, 15) is 14.0 Å². The van der Waals surface area contributed by atoms with Crippen molar-refractivity contribution in [3.05, 3.63) is 64.2 Å². The Bertz CT molecular complexity index is 1020. The molecule has 0 fully saturated rings. The summed E-state index contributed by atoms with van der Waals surface area (Å²) in [5, 5.41) is 0. The zero-order valence-corrected chi connectivity index (χ0v) is 14.5. The van der Waals surface area contributed by atoms with Crippen molar-refractivity contribution in [3.8, 4) is 0 Å². The van der Waals surface area contributed by atoms with E-state index in [-0.39, 0.29) is 18.1 Å². The normalized spacial score (nSPS) is 11.7. The highest BCUT2D eigenvalue weighted by Crippen LogP contribution is 2.19. The van der Waals surface area contributed by atoms with Gasteiger partial charge in [-0.05, 0) is 35.9 Å². The number of rotatable bonds is 3. The Morgan fingerprint density at radius 2 is 1.92 bits per heavy atom. The first-order valence-corrected chi connectivity index (χ1v) is 8.29. The number of fused-ring (bicyclic) bond motifs is 1. The van der Waals surface area contributed by atoms with Crippen LogP contribution in [0, 0.1) is 5.82 Å². The van der Waals surface area contributed by atoms with Crippen LogP contribution in [0.3, 0.4) is 0 Å². The molecular weight excluding hydrogens is 343 g/mol. The summed E-state index contributed by atoms with van der Waals surface area (Å²) in [6.07, 6.45) is 0.0991. The van der Waals surface area contributed by atoms with Crippen LogP contribution in [0.5, 0.6) is 0 Å². The van der Waals surface area contributed by atoms with Gasteiger partial charge in [0.15, 0.2) is 4.80 Å². The summed E-state index contributed by atoms with van der Waals surface area (Å²) in [6, 6.07) is 10.9. The predicted octanol–water partition coefficient (Wildman–Crippen LogP) is 2.84. The van der Waals surface area contributed by atoms with Crippen molar-refractivity contribution in [2.24, 2.45) is 12.0 Å². The first-order chi connectivity index (χ1) is 12.0. The van der Waals surface area contributed by atoms with Gasteiger partial charge in [-0.1, -0.05) is 23.5 Å². The van der Waals surface area contributed by atoms with Gasteiger partial charge in [0, 0.05) is 7.05 Å². The summed E-state index contributed by atoms with van der Waals surface area (Å²) < 4.78 is 20.3. The van der Waals surface area contributed by atoms with E-state index < -0.39 is 5.97 Å². The van der Waals surface area contributed by atoms with E-state index in [4.69, 9.17) is 4.74 Å². The lowest BCUT2D eigenvalue weighted by Crippen LogP contribution is -2.14. The van der Waals surface area contributed by atoms with Crippen molar-refractivity contribution in [3.63, 3.8) is 0 Å². The first kappa shape index (κ1) is 17.0. The number of carbonyl (C=O) groups is 2. The van der Waals surface area contributed by atoms with Crippen LogP contribution < -0.4 is 4.80 Å². The van der Waals surface area contributed by atoms with Gasteiger partial charge in [0.1, 0.15) is 5.82 Å². The molecule has 0 unspecified atom stereocenters. The molecule has 0 aliphatic rings. The Morgan fingerprint density at radius 1 is 1.20 bits per heavy atom. The summed E-state index contributed by atoms with van der Waals surface area (Å²) in [4.78, 5) is 28.5. The molecule has 3 aromatic rings. The third-order valence-corrected chi connectivity index (χ3v) is 4.81. The van der Waals surface area contributed by atoms with E-state index >= 15 is 0 Å². The Morgan fingerprint density at radius 3 is 2.60 bits per heavy atom. The van der Waals surface area contributed by atoms with Crippen molar-refractivity contribution in [2.45, 2.75) is 6.42 Å². The number of benzene rings is 2. The molecule has 0 aliphatic heterocycles. The number of carbonyl (C=O) groups excluding carboxylic acids is 2. The lowest BCUT2D eigenvalue weighted by molar-refractivity contribution is -0.117. The van der Waals surface area contributed by atoms with Crippen molar-refractivity contribution < 1.29 is 18.7 Å². The fourth-order valence-corrected chi connectivity index (χ4v) is 3.48. The van der Waals surface area contributed by atoms with E-state index in [0.29, 0.717) is 15.9 Å². The van der Waals surface area contributed by atoms with Crippen LogP contribution in [0.2, 0.25) is 0 Å². The fraction of sp³-hybridized carbons (Fsp3) is 0.167. The third kappa shape index (κ3) is 3.66. The average Bonchev–Trinajstić information content (AvgIpc) is 2.91. The van der Waals surface area contributed by atoms with Crippen LogP contribution in [0.4, 0.5) is 4.39 Å². The van der Waals surface area contributed by atoms with Gasteiger partial charge in [0.05, 0.1) is 29.3 Å². The van der Waals surface area contributed by atoms with Crippen molar-refractivity contribution in [1.82, 2.24) is 4.57 Å². The van der Waals surface area contributed by atoms with Crippen LogP contribution in [-0.2, 0) is 23.0 Å². The quantitative estimate of drug-likeness (QED) is 0.677. The molecule has 1 heterocycles. The Hall–Kier alpha value is -2.80. The van der Waals surface area contributed by atoms with Crippen LogP contribution >= 0.6 is 11.3 Å². The van der Waals surface area contributed by atoms with Gasteiger partial charge in [0.25, 0.3) is 5.91 Å². The van der Waals surface area contributed by atoms with Gasteiger partial charge in [0.2, 0.25) is 0 Å². The number of hydrogen-bond acceptors (Lipinski definition) is 4. The minimum absolute atomic E-state index is 0.0991. The highest BCUT2D eigenvalue weighted by Gasteiger charge is 2.10. The van der Waals surface area contributed by atoms with Gasteiger partial charge < -0.3 is 9.30 Å². The van der Waals surface area contributed by atoms with Crippen LogP contribution in [0.25, 0.3) is 10.2 Å². The van der Waals surface area contributed by atoms with E-state index in [1.807, 2.05) is 0 Å². The van der Waals surface area contributed by atoms with Gasteiger partial charge in [-0.2, -0.15) is 4.99 Å². The summed E-state index contributed by atoms with van der Waals surface area (Å²) in [6.45, 7) is 0. The number of nitrogens with zero attached hydrogens (tertiary/aromatic N) is 2. The van der Waals surface area contributed by atoms with Gasteiger partial charge in [-0.25, -0.2) is 9.18 Å². The number of aryl methyl sites for hydroxylation is 1. The molecule has 0 aliphatic carbocycles. The van der Waals surface area contributed by atoms with E-state index in [2.05, 4.69) is 4.99 Å². The number of hydrogen-bond donors (Lipinski definition) is 0. The molecule has 0 bridgehead atoms. The summed E-state index contributed by atoms with van der Waals surface area (Å²) in [7, 11) is 3.14. The number of amides is 1. The number of ether oxygens (including phenoxy) is 1. The summed E-state index contributed by atoms with van der Waals surface area (Å²) in [5.41, 5.74) is 2.01. The zero-order chi connectivity index (χ0) is 18.0. The number of methoxy groups -OCH3 is 1. The van der Waals surface area contributed by atoms with Crippen molar-refractivity contribution in [1.29, 1.82) is 0 Å². The maximum atomic E-state index is 12.9. The Labute approximate surface area is 147 Å². The largest absolute Gasteiger partial charge is 0.465 e. The second-order valence-corrected chi connectivity index (χ2v) is 6.44. The smallest absolute Gasteiger partial charge is 0.337 e. The molecule has 7 heteroatoms. The number of esters is 1. The predicted molar refractivity (Wildman–Crippen MR) is 92.8 cm³/mol. The highest BCUT2D eigenvalue weighted by atomic mass is 32.1. The molecule has 1 amide bonds. The second-order valence-electron chi connectivity index (χ2n) is 5.43. The Kier molecular flexibility index (Phi) is 4.76. The molecular formula is C18H15FN2O3S. The minimum Gasteiger partial charge on any atom is -0.465 e. The van der Waals surface area contributed by atoms with Crippen LogP contribution in [0.1, 0.15) is 15.9 Å². The summed E-state index contributed by atoms with van der Waals surface area (Å²) >= 11 is 1.31. The van der Waals surface area contributed by atoms with Gasteiger partial charge in [-0.3, -0.25) is 4.79 Å². The van der Waals surface area contributed by atoms with Gasteiger partial charge >= 0.3 is 5.97 Å². The SMILES string of the molecule is COC(=O)c1ccc2c(c1)sc(=NC(=O)Cc1ccc(F)cc1)n2C. The minimum atomic E-state index is -0.413. The van der Waals surface area contributed by atoms with E-state index in [1.165, 1.54) is 30.6 Å². The van der Waals surface area contributed by atoms with Crippen LogP contribution in [0.15, 0.2) is 47.5 Å². The molecule has 5 nitrogen and oxygen atoms in total. The molecule has 0 N–H and O–H groups in total.